The number of hydrogen-bond donors (Lipinski definition) is 3. The molecule has 3 rings (SSSR count). The van der Waals surface area contributed by atoms with E-state index in [-0.39, 0.29) is 0 Å². The van der Waals surface area contributed by atoms with Gasteiger partial charge in [-0.3, -0.25) is 0 Å². The number of rotatable bonds is 5. The van der Waals surface area contributed by atoms with Crippen molar-refractivity contribution in [2.24, 2.45) is 0 Å². The molecule has 2 aromatic rings. The number of nitrogens with one attached hydrogen (secondary N) is 3. The molecule has 1 aliphatic heterocycles. The van der Waals surface area contributed by atoms with Crippen molar-refractivity contribution in [2.45, 2.75) is 18.9 Å². The molecule has 0 unspecified atom stereocenters. The molecule has 3 N–H and O–H groups in total. The second-order valence-electron chi connectivity index (χ2n) is 5.58. The number of para-hydroxylation sites is 2. The number of H-pyrrole nitrogens is 1. The van der Waals surface area contributed by atoms with Crippen LogP contribution in [0.3, 0.4) is 0 Å². The summed E-state index contributed by atoms with van der Waals surface area (Å²) in [6.45, 7) is 3.05. The number of nitrogens with zero attached hydrogens (tertiary/aromatic N) is 2. The Bertz CT molecular complexity index is 601. The molecule has 7 heteroatoms. The van der Waals surface area contributed by atoms with Crippen LogP contribution >= 0.6 is 0 Å². The third-order valence-corrected chi connectivity index (χ3v) is 4.02. The lowest BCUT2D eigenvalue weighted by Crippen LogP contribution is -2.45. The fourth-order valence-electron chi connectivity index (χ4n) is 2.83. The van der Waals surface area contributed by atoms with Gasteiger partial charge in [0, 0.05) is 32.2 Å². The smallest absolute Gasteiger partial charge is 0.201 e. The lowest BCUT2D eigenvalue weighted by atomic mass is 10.1. The normalized spacial score (nSPS) is 16.7. The molecule has 0 spiro atoms. The zero-order valence-corrected chi connectivity index (χ0v) is 12.3. The van der Waals surface area contributed by atoms with Gasteiger partial charge in [-0.1, -0.05) is 12.1 Å². The first-order chi connectivity index (χ1) is 10.7. The first-order valence-electron chi connectivity index (χ1n) is 7.59. The van der Waals surface area contributed by atoms with Crippen molar-refractivity contribution in [1.29, 1.82) is 0 Å². The number of amides is 1. The Morgan fingerprint density at radius 3 is 2.86 bits per heavy atom. The Morgan fingerprint density at radius 2 is 2.14 bits per heavy atom. The van der Waals surface area contributed by atoms with E-state index in [1.165, 1.54) is 0 Å². The molecule has 0 atom stereocenters. The lowest BCUT2D eigenvalue weighted by Gasteiger charge is -2.32. The fourth-order valence-corrected chi connectivity index (χ4v) is 2.83. The van der Waals surface area contributed by atoms with Gasteiger partial charge in [-0.2, -0.15) is 0 Å². The number of fused-ring (bicyclic) bond motifs is 1. The number of piperidine rings is 1. The number of carbonyl (C=O) groups excluding carboxylic acids is 1. The van der Waals surface area contributed by atoms with Crippen LogP contribution in [0.1, 0.15) is 12.8 Å². The van der Waals surface area contributed by atoms with Gasteiger partial charge in [0.25, 0.3) is 0 Å². The van der Waals surface area contributed by atoms with Gasteiger partial charge < -0.3 is 30.4 Å². The molecule has 0 radical (unpaired) electrons. The lowest BCUT2D eigenvalue weighted by molar-refractivity contribution is -0.250. The quantitative estimate of drug-likeness (QED) is 0.741. The summed E-state index contributed by atoms with van der Waals surface area (Å²) >= 11 is 0. The Labute approximate surface area is 128 Å². The Balaban J connectivity index is 1.46. The van der Waals surface area contributed by atoms with E-state index in [9.17, 15) is 9.90 Å². The fraction of sp³-hybridized carbons (Fsp3) is 0.467. The van der Waals surface area contributed by atoms with Crippen LogP contribution in [-0.4, -0.2) is 53.2 Å². The third kappa shape index (κ3) is 3.67. The zero-order valence-electron chi connectivity index (χ0n) is 12.3. The molecule has 1 aromatic carbocycles. The first-order valence-corrected chi connectivity index (χ1v) is 7.59. The number of imidazole rings is 1. The summed E-state index contributed by atoms with van der Waals surface area (Å²) < 4.78 is 0. The topological polar surface area (TPSA) is 96.1 Å². The Morgan fingerprint density at radius 1 is 1.36 bits per heavy atom. The maximum absolute atomic E-state index is 10.3. The van der Waals surface area contributed by atoms with Gasteiger partial charge in [0.05, 0.1) is 11.0 Å². The van der Waals surface area contributed by atoms with Crippen LogP contribution in [-0.2, 0) is 0 Å². The van der Waals surface area contributed by atoms with Gasteiger partial charge in [0.2, 0.25) is 5.95 Å². The zero-order chi connectivity index (χ0) is 15.4. The SMILES string of the molecule is O=C([O-])NCCN1CCC(Nc2nc3ccccc3[nH]2)CC1. The molecule has 0 saturated carbocycles. The number of likely N-dealkylation sites (tertiary alicyclic amines) is 1. The summed E-state index contributed by atoms with van der Waals surface area (Å²) in [6, 6.07) is 8.37. The summed E-state index contributed by atoms with van der Waals surface area (Å²) in [5.74, 6) is 0.818. The van der Waals surface area contributed by atoms with Gasteiger partial charge in [-0.25, -0.2) is 4.98 Å². The molecule has 7 nitrogen and oxygen atoms in total. The van der Waals surface area contributed by atoms with Crippen LogP contribution in [0.4, 0.5) is 10.7 Å². The number of aromatic amines is 1. The summed E-state index contributed by atoms with van der Waals surface area (Å²) in [5, 5.41) is 16.1. The second kappa shape index (κ2) is 6.65. The molecule has 0 aliphatic carbocycles. The van der Waals surface area contributed by atoms with E-state index in [4.69, 9.17) is 0 Å². The van der Waals surface area contributed by atoms with Crippen molar-refractivity contribution < 1.29 is 9.90 Å². The largest absolute Gasteiger partial charge is 0.530 e. The summed E-state index contributed by atoms with van der Waals surface area (Å²) in [7, 11) is 0. The highest BCUT2D eigenvalue weighted by Crippen LogP contribution is 2.17. The summed E-state index contributed by atoms with van der Waals surface area (Å²) in [6.07, 6.45) is 0.825. The molecule has 0 bridgehead atoms. The summed E-state index contributed by atoms with van der Waals surface area (Å²) in [4.78, 5) is 20.4. The molecule has 1 fully saturated rings. The molecule has 1 amide bonds. The Hall–Kier alpha value is -2.28. The van der Waals surface area contributed by atoms with Gasteiger partial charge in [0.15, 0.2) is 0 Å². The average Bonchev–Trinajstić information content (AvgIpc) is 2.91. The number of hydrogen-bond acceptors (Lipinski definition) is 5. The number of carbonyl (C=O) groups is 1. The van der Waals surface area contributed by atoms with Gasteiger partial charge in [-0.15, -0.1) is 0 Å². The highest BCUT2D eigenvalue weighted by molar-refractivity contribution is 5.77. The van der Waals surface area contributed by atoms with E-state index >= 15 is 0 Å². The molecule has 118 valence electrons. The van der Waals surface area contributed by atoms with Gasteiger partial charge in [0.1, 0.15) is 6.09 Å². The van der Waals surface area contributed by atoms with Crippen LogP contribution < -0.4 is 15.7 Å². The molecule has 1 saturated heterocycles. The second-order valence-corrected chi connectivity index (χ2v) is 5.58. The van der Waals surface area contributed by atoms with E-state index in [0.29, 0.717) is 12.6 Å². The van der Waals surface area contributed by atoms with Crippen LogP contribution in [0.25, 0.3) is 11.0 Å². The highest BCUT2D eigenvalue weighted by Gasteiger charge is 2.19. The standard InChI is InChI=1S/C15H21N5O2/c21-15(22)16-7-10-20-8-5-11(6-9-20)17-14-18-12-3-1-2-4-13(12)19-14/h1-4,11,16H,5-10H2,(H,21,22)(H2,17,18,19)/p-1. The summed E-state index contributed by atoms with van der Waals surface area (Å²) in [5.41, 5.74) is 2.01. The molecule has 1 aromatic heterocycles. The Kier molecular flexibility index (Phi) is 4.43. The van der Waals surface area contributed by atoms with Crippen molar-refractivity contribution in [3.05, 3.63) is 24.3 Å². The minimum Gasteiger partial charge on any atom is -0.530 e. The number of carboxylic acid groups (broad SMARTS) is 1. The minimum absolute atomic E-state index is 0.394. The predicted molar refractivity (Wildman–Crippen MR) is 82.6 cm³/mol. The van der Waals surface area contributed by atoms with Crippen molar-refractivity contribution in [3.63, 3.8) is 0 Å². The van der Waals surface area contributed by atoms with Crippen molar-refractivity contribution in [1.82, 2.24) is 20.2 Å². The minimum atomic E-state index is -1.21. The van der Waals surface area contributed by atoms with Crippen LogP contribution in [0.15, 0.2) is 24.3 Å². The number of benzene rings is 1. The van der Waals surface area contributed by atoms with Crippen LogP contribution in [0.5, 0.6) is 0 Å². The molecule has 2 heterocycles. The third-order valence-electron chi connectivity index (χ3n) is 4.02. The van der Waals surface area contributed by atoms with E-state index in [1.807, 2.05) is 24.3 Å². The number of aromatic nitrogens is 2. The highest BCUT2D eigenvalue weighted by atomic mass is 16.4. The number of anilines is 1. The molecular weight excluding hydrogens is 282 g/mol. The van der Waals surface area contributed by atoms with E-state index in [1.54, 1.807) is 0 Å². The predicted octanol–water partition coefficient (Wildman–Crippen LogP) is 0.372. The van der Waals surface area contributed by atoms with E-state index < -0.39 is 6.09 Å². The molecule has 1 aliphatic rings. The first kappa shape index (κ1) is 14.6. The van der Waals surface area contributed by atoms with Crippen LogP contribution in [0.2, 0.25) is 0 Å². The van der Waals surface area contributed by atoms with Crippen LogP contribution in [0, 0.1) is 0 Å². The van der Waals surface area contributed by atoms with Gasteiger partial charge >= 0.3 is 0 Å². The van der Waals surface area contributed by atoms with E-state index in [2.05, 4.69) is 25.5 Å². The van der Waals surface area contributed by atoms with Gasteiger partial charge in [-0.05, 0) is 25.0 Å². The monoisotopic (exact) mass is 302 g/mol. The molecule has 22 heavy (non-hydrogen) atoms. The molecular formula is C15H20N5O2-. The van der Waals surface area contributed by atoms with Crippen molar-refractivity contribution in [2.75, 3.05) is 31.5 Å². The average molecular weight is 302 g/mol. The van der Waals surface area contributed by atoms with Crippen molar-refractivity contribution in [3.8, 4) is 0 Å². The van der Waals surface area contributed by atoms with E-state index in [0.717, 1.165) is 49.5 Å². The maximum Gasteiger partial charge on any atom is 0.201 e. The van der Waals surface area contributed by atoms with Crippen molar-refractivity contribution >= 4 is 23.1 Å². The maximum atomic E-state index is 10.3.